The number of aliphatic hydroxyl groups excluding tert-OH is 1. The van der Waals surface area contributed by atoms with Gasteiger partial charge in [0.05, 0.1) is 29.0 Å². The SMILES string of the molecule is O=C(Nc1ccc(C2OC(CSc3nc4ccccc4s3)CC(c3ccc(CO)cc3)O2)cc1)C1CCCN1C(=O)C(F)(F)F. The van der Waals surface area contributed by atoms with E-state index in [1.165, 1.54) is 0 Å². The van der Waals surface area contributed by atoms with Gasteiger partial charge in [0.2, 0.25) is 5.91 Å². The molecule has 3 aromatic carbocycles. The minimum atomic E-state index is -5.03. The normalized spacial score (nSPS) is 22.1. The van der Waals surface area contributed by atoms with E-state index in [4.69, 9.17) is 14.5 Å². The van der Waals surface area contributed by atoms with Crippen molar-refractivity contribution in [2.24, 2.45) is 0 Å². The molecule has 2 aliphatic heterocycles. The van der Waals surface area contributed by atoms with Gasteiger partial charge < -0.3 is 24.8 Å². The second-order valence-corrected chi connectivity index (χ2v) is 13.2. The number of para-hydroxylation sites is 1. The summed E-state index contributed by atoms with van der Waals surface area (Å²) in [7, 11) is 0. The van der Waals surface area contributed by atoms with Gasteiger partial charge in [0.15, 0.2) is 10.6 Å². The first-order valence-electron chi connectivity index (χ1n) is 14.5. The molecule has 0 aliphatic carbocycles. The van der Waals surface area contributed by atoms with Crippen molar-refractivity contribution in [2.75, 3.05) is 17.6 Å². The Morgan fingerprint density at radius 1 is 1.02 bits per heavy atom. The maximum absolute atomic E-state index is 13.0. The van der Waals surface area contributed by atoms with E-state index in [0.717, 1.165) is 25.7 Å². The predicted molar refractivity (Wildman–Crippen MR) is 165 cm³/mol. The summed E-state index contributed by atoms with van der Waals surface area (Å²) in [5, 5.41) is 12.1. The molecule has 236 valence electrons. The maximum atomic E-state index is 13.0. The van der Waals surface area contributed by atoms with E-state index in [1.54, 1.807) is 47.4 Å². The van der Waals surface area contributed by atoms with Crippen LogP contribution < -0.4 is 5.32 Å². The fraction of sp³-hybridized carbons (Fsp3) is 0.344. The number of likely N-dealkylation sites (tertiary alicyclic amines) is 1. The molecule has 0 radical (unpaired) electrons. The van der Waals surface area contributed by atoms with Gasteiger partial charge in [-0.1, -0.05) is 60.3 Å². The number of hydrogen-bond donors (Lipinski definition) is 2. The number of carbonyl (C=O) groups is 2. The highest BCUT2D eigenvalue weighted by Crippen LogP contribution is 2.40. The molecule has 0 saturated carbocycles. The first kappa shape index (κ1) is 31.5. The lowest BCUT2D eigenvalue weighted by molar-refractivity contribution is -0.245. The van der Waals surface area contributed by atoms with Gasteiger partial charge in [-0.05, 0) is 48.2 Å². The molecule has 6 rings (SSSR count). The molecule has 13 heteroatoms. The Balaban J connectivity index is 1.15. The predicted octanol–water partition coefficient (Wildman–Crippen LogP) is 6.62. The van der Waals surface area contributed by atoms with Gasteiger partial charge in [-0.3, -0.25) is 9.59 Å². The highest BCUT2D eigenvalue weighted by atomic mass is 32.2. The van der Waals surface area contributed by atoms with E-state index in [9.17, 15) is 27.9 Å². The van der Waals surface area contributed by atoms with Crippen molar-refractivity contribution in [3.8, 4) is 0 Å². The molecular weight excluding hydrogens is 627 g/mol. The third-order valence-electron chi connectivity index (χ3n) is 7.79. The summed E-state index contributed by atoms with van der Waals surface area (Å²) in [4.78, 5) is 29.9. The highest BCUT2D eigenvalue weighted by molar-refractivity contribution is 8.01. The van der Waals surface area contributed by atoms with Gasteiger partial charge in [0, 0.05) is 30.0 Å². The van der Waals surface area contributed by atoms with Crippen LogP contribution >= 0.6 is 23.1 Å². The molecule has 0 bridgehead atoms. The standard InChI is InChI=1S/C32H30F3N3O5S2/c33-32(34,35)30(41)38-15-3-5-25(38)28(40)36-22-13-11-21(12-14-22)29-42-23(16-26(43-29)20-9-7-19(17-39)8-10-20)18-44-31-37-24-4-1-2-6-27(24)45-31/h1-2,4,6-14,23,25-26,29,39H,3,5,15-18H2,(H,36,40). The number of ether oxygens (including phenoxy) is 2. The van der Waals surface area contributed by atoms with E-state index >= 15 is 0 Å². The molecule has 3 heterocycles. The lowest BCUT2D eigenvalue weighted by atomic mass is 10.0. The van der Waals surface area contributed by atoms with Crippen LogP contribution in [0.15, 0.2) is 77.1 Å². The van der Waals surface area contributed by atoms with Crippen LogP contribution in [0.4, 0.5) is 18.9 Å². The molecule has 4 unspecified atom stereocenters. The number of nitrogens with one attached hydrogen (secondary N) is 1. The molecule has 4 aromatic rings. The molecule has 1 aromatic heterocycles. The first-order valence-corrected chi connectivity index (χ1v) is 16.3. The number of hydrogen-bond acceptors (Lipinski definition) is 8. The van der Waals surface area contributed by atoms with Crippen LogP contribution in [0.2, 0.25) is 0 Å². The van der Waals surface area contributed by atoms with Gasteiger partial charge >= 0.3 is 12.1 Å². The molecule has 2 N–H and O–H groups in total. The zero-order chi connectivity index (χ0) is 31.6. The molecular formula is C32H30F3N3O5S2. The second-order valence-electron chi connectivity index (χ2n) is 10.9. The van der Waals surface area contributed by atoms with Crippen LogP contribution in [-0.2, 0) is 25.7 Å². The van der Waals surface area contributed by atoms with Gasteiger partial charge in [0.25, 0.3) is 0 Å². The largest absolute Gasteiger partial charge is 0.471 e. The summed E-state index contributed by atoms with van der Waals surface area (Å²) in [5.74, 6) is -2.02. The Kier molecular flexibility index (Phi) is 9.43. The number of halogens is 3. The Morgan fingerprint density at radius 3 is 2.47 bits per heavy atom. The Hall–Kier alpha value is -3.49. The monoisotopic (exact) mass is 657 g/mol. The maximum Gasteiger partial charge on any atom is 0.471 e. The van der Waals surface area contributed by atoms with E-state index in [1.807, 2.05) is 48.5 Å². The van der Waals surface area contributed by atoms with Gasteiger partial charge in [-0.2, -0.15) is 13.2 Å². The fourth-order valence-corrected chi connectivity index (χ4v) is 7.61. The Morgan fingerprint density at radius 2 is 1.76 bits per heavy atom. The van der Waals surface area contributed by atoms with Crippen LogP contribution in [-0.4, -0.2) is 57.4 Å². The van der Waals surface area contributed by atoms with E-state index in [0.29, 0.717) is 34.7 Å². The number of aliphatic hydroxyl groups is 1. The summed E-state index contributed by atoms with van der Waals surface area (Å²) in [6, 6.07) is 21.1. The smallest absolute Gasteiger partial charge is 0.392 e. The molecule has 8 nitrogen and oxygen atoms in total. The van der Waals surface area contributed by atoms with Crippen LogP contribution in [0.3, 0.4) is 0 Å². The van der Waals surface area contributed by atoms with Crippen LogP contribution in [0.1, 0.15) is 48.3 Å². The summed E-state index contributed by atoms with van der Waals surface area (Å²) < 4.78 is 53.9. The number of amides is 2. The zero-order valence-corrected chi connectivity index (χ0v) is 25.5. The number of carbonyl (C=O) groups excluding carboxylic acids is 2. The van der Waals surface area contributed by atoms with Crippen molar-refractivity contribution >= 4 is 50.8 Å². The topological polar surface area (TPSA) is 101 Å². The minimum Gasteiger partial charge on any atom is -0.392 e. The van der Waals surface area contributed by atoms with Gasteiger partial charge in [0.1, 0.15) is 6.04 Å². The molecule has 2 amide bonds. The average molecular weight is 658 g/mol. The third kappa shape index (κ3) is 7.33. The Bertz CT molecular complexity index is 1620. The number of alkyl halides is 3. The number of anilines is 1. The number of rotatable bonds is 8. The number of nitrogens with zero attached hydrogens (tertiary/aromatic N) is 2. The lowest BCUT2D eigenvalue weighted by Crippen LogP contribution is -2.48. The number of benzene rings is 3. The molecule has 2 saturated heterocycles. The zero-order valence-electron chi connectivity index (χ0n) is 23.9. The van der Waals surface area contributed by atoms with Crippen LogP contribution in [0.5, 0.6) is 0 Å². The quantitative estimate of drug-likeness (QED) is 0.206. The average Bonchev–Trinajstić information content (AvgIpc) is 3.71. The van der Waals surface area contributed by atoms with E-state index in [-0.39, 0.29) is 31.8 Å². The second kappa shape index (κ2) is 13.5. The highest BCUT2D eigenvalue weighted by Gasteiger charge is 2.47. The number of thioether (sulfide) groups is 1. The fourth-order valence-electron chi connectivity index (χ4n) is 5.49. The lowest BCUT2D eigenvalue weighted by Gasteiger charge is -2.36. The number of thiazole rings is 1. The van der Waals surface area contributed by atoms with Crippen LogP contribution in [0, 0.1) is 0 Å². The van der Waals surface area contributed by atoms with E-state index < -0.39 is 30.3 Å². The number of aromatic nitrogens is 1. The number of fused-ring (bicyclic) bond motifs is 1. The summed E-state index contributed by atoms with van der Waals surface area (Å²) in [5.41, 5.74) is 3.79. The molecule has 4 atom stereocenters. The molecule has 45 heavy (non-hydrogen) atoms. The van der Waals surface area contributed by atoms with Crippen LogP contribution in [0.25, 0.3) is 10.2 Å². The minimum absolute atomic E-state index is 0.0563. The summed E-state index contributed by atoms with van der Waals surface area (Å²) in [6.45, 7) is -0.173. The van der Waals surface area contributed by atoms with E-state index in [2.05, 4.69) is 5.32 Å². The van der Waals surface area contributed by atoms with Crippen molar-refractivity contribution in [3.63, 3.8) is 0 Å². The molecule has 0 spiro atoms. The van der Waals surface area contributed by atoms with Gasteiger partial charge in [-0.25, -0.2) is 4.98 Å². The van der Waals surface area contributed by atoms with Crippen molar-refractivity contribution in [1.82, 2.24) is 9.88 Å². The van der Waals surface area contributed by atoms with Crippen molar-refractivity contribution in [1.29, 1.82) is 0 Å². The van der Waals surface area contributed by atoms with Gasteiger partial charge in [-0.15, -0.1) is 11.3 Å². The first-order chi connectivity index (χ1) is 21.7. The third-order valence-corrected chi connectivity index (χ3v) is 10.1. The summed E-state index contributed by atoms with van der Waals surface area (Å²) in [6.07, 6.45) is -5.13. The van der Waals surface area contributed by atoms with Crippen molar-refractivity contribution in [2.45, 2.75) is 60.9 Å². The van der Waals surface area contributed by atoms with Crippen molar-refractivity contribution < 1.29 is 37.3 Å². The molecule has 2 fully saturated rings. The van der Waals surface area contributed by atoms with Crippen molar-refractivity contribution in [3.05, 3.63) is 89.5 Å². The molecule has 2 aliphatic rings. The summed E-state index contributed by atoms with van der Waals surface area (Å²) >= 11 is 3.26. The Labute approximate surface area is 265 Å².